The highest BCUT2D eigenvalue weighted by Crippen LogP contribution is 2.03. The zero-order chi connectivity index (χ0) is 14.2. The number of hydrogen-bond donors (Lipinski definition) is 1. The molecule has 1 N–H and O–H groups in total. The first-order chi connectivity index (χ1) is 8.26. The summed E-state index contributed by atoms with van der Waals surface area (Å²) in [7, 11) is 1.67. The normalized spacial score (nSPS) is 11.9. The maximum atomic E-state index is 12.1. The number of methoxy groups -OCH3 is 1. The van der Waals surface area contributed by atoms with Crippen LogP contribution in [0.2, 0.25) is 0 Å². The average Bonchev–Trinajstić information content (AvgIpc) is 2.21. The van der Waals surface area contributed by atoms with Crippen LogP contribution in [0.1, 0.15) is 41.0 Å². The van der Waals surface area contributed by atoms with Crippen molar-refractivity contribution >= 4 is 5.91 Å². The number of hydrogen-bond acceptors (Lipinski definition) is 3. The van der Waals surface area contributed by atoms with E-state index < -0.39 is 0 Å². The second kappa shape index (κ2) is 8.48. The molecule has 0 aromatic heterocycles. The SMILES string of the molecule is COCCN(CC(C)C)C(=O)CCNC(C)(C)C. The number of nitrogens with zero attached hydrogens (tertiary/aromatic N) is 1. The summed E-state index contributed by atoms with van der Waals surface area (Å²) in [6, 6.07) is 0. The second-order valence-electron chi connectivity index (χ2n) is 6.15. The molecule has 0 aromatic carbocycles. The molecule has 0 fully saturated rings. The minimum absolute atomic E-state index is 0.0652. The van der Waals surface area contributed by atoms with E-state index in [9.17, 15) is 4.79 Å². The molecule has 0 saturated carbocycles. The van der Waals surface area contributed by atoms with Gasteiger partial charge in [-0.1, -0.05) is 13.8 Å². The first-order valence-electron chi connectivity index (χ1n) is 6.78. The van der Waals surface area contributed by atoms with Crippen molar-refractivity contribution in [2.75, 3.05) is 33.4 Å². The predicted octanol–water partition coefficient (Wildman–Crippen LogP) is 1.90. The van der Waals surface area contributed by atoms with E-state index in [0.717, 1.165) is 13.1 Å². The molecule has 0 aromatic rings. The van der Waals surface area contributed by atoms with E-state index >= 15 is 0 Å². The molecule has 4 nitrogen and oxygen atoms in total. The molecule has 108 valence electrons. The van der Waals surface area contributed by atoms with Crippen molar-refractivity contribution in [1.29, 1.82) is 0 Å². The van der Waals surface area contributed by atoms with Crippen molar-refractivity contribution in [2.45, 2.75) is 46.6 Å². The minimum Gasteiger partial charge on any atom is -0.383 e. The summed E-state index contributed by atoms with van der Waals surface area (Å²) in [6.45, 7) is 13.4. The topological polar surface area (TPSA) is 41.6 Å². The van der Waals surface area contributed by atoms with Crippen molar-refractivity contribution in [3.8, 4) is 0 Å². The summed E-state index contributed by atoms with van der Waals surface area (Å²) in [5.74, 6) is 0.693. The summed E-state index contributed by atoms with van der Waals surface area (Å²) in [5.41, 5.74) is 0.0652. The van der Waals surface area contributed by atoms with Gasteiger partial charge >= 0.3 is 0 Å². The van der Waals surface area contributed by atoms with Gasteiger partial charge in [-0.15, -0.1) is 0 Å². The van der Waals surface area contributed by atoms with Gasteiger partial charge < -0.3 is 15.0 Å². The highest BCUT2D eigenvalue weighted by molar-refractivity contribution is 5.76. The fraction of sp³-hybridized carbons (Fsp3) is 0.929. The summed E-state index contributed by atoms with van der Waals surface area (Å²) < 4.78 is 5.05. The highest BCUT2D eigenvalue weighted by Gasteiger charge is 2.15. The van der Waals surface area contributed by atoms with E-state index in [4.69, 9.17) is 4.74 Å². The monoisotopic (exact) mass is 258 g/mol. The number of nitrogens with one attached hydrogen (secondary N) is 1. The molecule has 0 unspecified atom stereocenters. The second-order valence-corrected chi connectivity index (χ2v) is 6.15. The Morgan fingerprint density at radius 2 is 1.94 bits per heavy atom. The van der Waals surface area contributed by atoms with E-state index in [0.29, 0.717) is 25.5 Å². The Balaban J connectivity index is 4.11. The first-order valence-corrected chi connectivity index (χ1v) is 6.78. The number of amides is 1. The van der Waals surface area contributed by atoms with Crippen LogP contribution in [0, 0.1) is 5.92 Å². The van der Waals surface area contributed by atoms with Crippen LogP contribution in [0.4, 0.5) is 0 Å². The van der Waals surface area contributed by atoms with Gasteiger partial charge in [0, 0.05) is 38.7 Å². The number of rotatable bonds is 8. The lowest BCUT2D eigenvalue weighted by Crippen LogP contribution is -2.41. The molecule has 0 bridgehead atoms. The Morgan fingerprint density at radius 3 is 2.39 bits per heavy atom. The summed E-state index contributed by atoms with van der Waals surface area (Å²) in [4.78, 5) is 14.0. The third-order valence-corrected chi connectivity index (χ3v) is 2.50. The van der Waals surface area contributed by atoms with E-state index in [1.165, 1.54) is 0 Å². The maximum absolute atomic E-state index is 12.1. The molecule has 1 amide bonds. The largest absolute Gasteiger partial charge is 0.383 e. The van der Waals surface area contributed by atoms with Gasteiger partial charge in [-0.2, -0.15) is 0 Å². The van der Waals surface area contributed by atoms with Gasteiger partial charge in [0.15, 0.2) is 0 Å². The van der Waals surface area contributed by atoms with E-state index in [1.807, 2.05) is 4.90 Å². The molecular formula is C14H30N2O2. The van der Waals surface area contributed by atoms with Crippen LogP contribution in [0.5, 0.6) is 0 Å². The lowest BCUT2D eigenvalue weighted by Gasteiger charge is -2.26. The molecule has 0 atom stereocenters. The average molecular weight is 258 g/mol. The fourth-order valence-electron chi connectivity index (χ4n) is 1.66. The van der Waals surface area contributed by atoms with Gasteiger partial charge in [-0.25, -0.2) is 0 Å². The van der Waals surface area contributed by atoms with Crippen molar-refractivity contribution in [3.63, 3.8) is 0 Å². The standard InChI is InChI=1S/C14H30N2O2/c1-12(2)11-16(9-10-18-6)13(17)7-8-15-14(3,4)5/h12,15H,7-11H2,1-6H3. The van der Waals surface area contributed by atoms with Crippen LogP contribution >= 0.6 is 0 Å². The van der Waals surface area contributed by atoms with E-state index in [-0.39, 0.29) is 11.4 Å². The van der Waals surface area contributed by atoms with Crippen molar-refractivity contribution in [2.24, 2.45) is 5.92 Å². The molecule has 0 heterocycles. The Bertz CT molecular complexity index is 234. The lowest BCUT2D eigenvalue weighted by molar-refractivity contribution is -0.132. The molecule has 0 rings (SSSR count). The van der Waals surface area contributed by atoms with Crippen LogP contribution in [0.3, 0.4) is 0 Å². The van der Waals surface area contributed by atoms with E-state index in [1.54, 1.807) is 7.11 Å². The maximum Gasteiger partial charge on any atom is 0.223 e. The molecule has 18 heavy (non-hydrogen) atoms. The molecule has 0 radical (unpaired) electrons. The Kier molecular flexibility index (Phi) is 8.20. The Morgan fingerprint density at radius 1 is 1.33 bits per heavy atom. The molecule has 0 saturated heterocycles. The zero-order valence-electron chi connectivity index (χ0n) is 12.9. The van der Waals surface area contributed by atoms with Crippen LogP contribution in [0.15, 0.2) is 0 Å². The van der Waals surface area contributed by atoms with E-state index in [2.05, 4.69) is 39.9 Å². The quantitative estimate of drug-likeness (QED) is 0.723. The lowest BCUT2D eigenvalue weighted by atomic mass is 10.1. The molecule has 0 spiro atoms. The Labute approximate surface area is 112 Å². The van der Waals surface area contributed by atoms with Crippen LogP contribution in [-0.2, 0) is 9.53 Å². The summed E-state index contributed by atoms with van der Waals surface area (Å²) >= 11 is 0. The van der Waals surface area contributed by atoms with Crippen molar-refractivity contribution < 1.29 is 9.53 Å². The van der Waals surface area contributed by atoms with Crippen molar-refractivity contribution in [3.05, 3.63) is 0 Å². The van der Waals surface area contributed by atoms with Gasteiger partial charge in [0.25, 0.3) is 0 Å². The molecular weight excluding hydrogens is 228 g/mol. The molecule has 0 aliphatic carbocycles. The van der Waals surface area contributed by atoms with Gasteiger partial charge in [0.05, 0.1) is 6.61 Å². The van der Waals surface area contributed by atoms with Crippen molar-refractivity contribution in [1.82, 2.24) is 10.2 Å². The molecule has 0 aliphatic rings. The number of carbonyl (C=O) groups is 1. The van der Waals surface area contributed by atoms with Crippen LogP contribution in [0.25, 0.3) is 0 Å². The smallest absolute Gasteiger partial charge is 0.223 e. The third kappa shape index (κ3) is 9.42. The highest BCUT2D eigenvalue weighted by atomic mass is 16.5. The summed E-state index contributed by atoms with van der Waals surface area (Å²) in [6.07, 6.45) is 0.549. The summed E-state index contributed by atoms with van der Waals surface area (Å²) in [5, 5.41) is 3.34. The van der Waals surface area contributed by atoms with Crippen LogP contribution in [-0.4, -0.2) is 49.7 Å². The number of ether oxygens (including phenoxy) is 1. The first kappa shape index (κ1) is 17.4. The van der Waals surface area contributed by atoms with Crippen LogP contribution < -0.4 is 5.32 Å². The van der Waals surface area contributed by atoms with Gasteiger partial charge in [-0.05, 0) is 26.7 Å². The zero-order valence-corrected chi connectivity index (χ0v) is 12.9. The van der Waals surface area contributed by atoms with Gasteiger partial charge in [-0.3, -0.25) is 4.79 Å². The number of carbonyl (C=O) groups excluding carboxylic acids is 1. The van der Waals surface area contributed by atoms with Gasteiger partial charge in [0.1, 0.15) is 0 Å². The predicted molar refractivity (Wildman–Crippen MR) is 75.7 cm³/mol. The third-order valence-electron chi connectivity index (χ3n) is 2.50. The minimum atomic E-state index is 0.0652. The fourth-order valence-corrected chi connectivity index (χ4v) is 1.66. The Hall–Kier alpha value is -0.610. The molecule has 4 heteroatoms. The van der Waals surface area contributed by atoms with Gasteiger partial charge in [0.2, 0.25) is 5.91 Å². The molecule has 0 aliphatic heterocycles.